The summed E-state index contributed by atoms with van der Waals surface area (Å²) in [5.74, 6) is -0.290. The number of nitrogens with one attached hydrogen (secondary N) is 2. The van der Waals surface area contributed by atoms with E-state index in [-0.39, 0.29) is 11.6 Å². The lowest BCUT2D eigenvalue weighted by Crippen LogP contribution is -2.60. The standard InChI is InChI=1S/C22H31N5O3/c1-25-19-15(7-12-26-13-22(14-26)8-10-23-11-9-22)3-2-4-16(19)27(21(25)30)17-5-6-18(28)24-20(17)29/h2-4,17-18,23,28H,5-14H2,1H3,(H,24,29). The maximum absolute atomic E-state index is 13.0. The summed E-state index contributed by atoms with van der Waals surface area (Å²) in [4.78, 5) is 28.0. The first-order valence-electron chi connectivity index (χ1n) is 11.1. The van der Waals surface area contributed by atoms with Crippen LogP contribution in [0.5, 0.6) is 0 Å². The van der Waals surface area contributed by atoms with Gasteiger partial charge in [-0.3, -0.25) is 13.9 Å². The van der Waals surface area contributed by atoms with Crippen molar-refractivity contribution in [3.05, 3.63) is 34.2 Å². The molecule has 3 N–H and O–H groups in total. The number of piperidine rings is 2. The largest absolute Gasteiger partial charge is 0.374 e. The second-order valence-electron chi connectivity index (χ2n) is 9.32. The molecule has 1 aromatic heterocycles. The molecular formula is C22H31N5O3. The molecule has 2 unspecified atom stereocenters. The molecule has 3 aliphatic rings. The molecule has 3 fully saturated rings. The Balaban J connectivity index is 1.37. The van der Waals surface area contributed by atoms with Gasteiger partial charge in [-0.1, -0.05) is 12.1 Å². The second kappa shape index (κ2) is 7.51. The first kappa shape index (κ1) is 19.8. The lowest BCUT2D eigenvalue weighted by atomic mass is 9.72. The van der Waals surface area contributed by atoms with Gasteiger partial charge in [0.2, 0.25) is 5.91 Å². The summed E-state index contributed by atoms with van der Waals surface area (Å²) in [6.45, 7) is 5.61. The number of hydrogen-bond acceptors (Lipinski definition) is 5. The molecule has 2 atom stereocenters. The number of para-hydroxylation sites is 1. The fourth-order valence-electron chi connectivity index (χ4n) is 5.66. The summed E-state index contributed by atoms with van der Waals surface area (Å²) in [6, 6.07) is 5.42. The SMILES string of the molecule is Cn1c(=O)n(C2CCC(O)NC2=O)c2cccc(CCN3CC4(CCNCC4)C3)c21. The van der Waals surface area contributed by atoms with E-state index in [4.69, 9.17) is 0 Å². The normalized spacial score (nSPS) is 26.7. The fourth-order valence-corrected chi connectivity index (χ4v) is 5.66. The fraction of sp³-hybridized carbons (Fsp3) is 0.636. The minimum Gasteiger partial charge on any atom is -0.374 e. The van der Waals surface area contributed by atoms with Crippen molar-refractivity contribution in [2.24, 2.45) is 12.5 Å². The van der Waals surface area contributed by atoms with Gasteiger partial charge in [-0.25, -0.2) is 4.79 Å². The van der Waals surface area contributed by atoms with Crippen molar-refractivity contribution in [1.29, 1.82) is 0 Å². The Morgan fingerprint density at radius 2 is 1.93 bits per heavy atom. The van der Waals surface area contributed by atoms with Crippen molar-refractivity contribution in [3.8, 4) is 0 Å². The van der Waals surface area contributed by atoms with Crippen LogP contribution < -0.4 is 16.3 Å². The van der Waals surface area contributed by atoms with E-state index in [1.807, 2.05) is 12.1 Å². The number of rotatable bonds is 4. The molecule has 1 spiro atoms. The maximum Gasteiger partial charge on any atom is 0.329 e. The van der Waals surface area contributed by atoms with Gasteiger partial charge in [0.25, 0.3) is 0 Å². The number of carbonyl (C=O) groups excluding carboxylic acids is 1. The molecule has 30 heavy (non-hydrogen) atoms. The van der Waals surface area contributed by atoms with Crippen LogP contribution in [0.15, 0.2) is 23.0 Å². The van der Waals surface area contributed by atoms with E-state index in [2.05, 4.69) is 21.6 Å². The molecule has 0 saturated carbocycles. The van der Waals surface area contributed by atoms with Crippen molar-refractivity contribution >= 4 is 16.9 Å². The van der Waals surface area contributed by atoms with Crippen LogP contribution >= 0.6 is 0 Å². The predicted molar refractivity (Wildman–Crippen MR) is 114 cm³/mol. The second-order valence-corrected chi connectivity index (χ2v) is 9.32. The van der Waals surface area contributed by atoms with Crippen molar-refractivity contribution in [1.82, 2.24) is 24.7 Å². The van der Waals surface area contributed by atoms with Crippen molar-refractivity contribution in [2.75, 3.05) is 32.7 Å². The predicted octanol–water partition coefficient (Wildman–Crippen LogP) is 0.337. The lowest BCUT2D eigenvalue weighted by molar-refractivity contribution is -0.130. The third kappa shape index (κ3) is 3.27. The van der Waals surface area contributed by atoms with Gasteiger partial charge in [0.05, 0.1) is 11.0 Å². The third-order valence-electron chi connectivity index (χ3n) is 7.30. The number of carbonyl (C=O) groups is 1. The first-order chi connectivity index (χ1) is 14.5. The minimum atomic E-state index is -0.824. The molecule has 4 heterocycles. The number of benzene rings is 1. The molecular weight excluding hydrogens is 382 g/mol. The Kier molecular flexibility index (Phi) is 4.95. The number of imidazole rings is 1. The molecule has 1 aromatic carbocycles. The van der Waals surface area contributed by atoms with E-state index < -0.39 is 12.3 Å². The van der Waals surface area contributed by atoms with Crippen LogP contribution in [-0.2, 0) is 18.3 Å². The zero-order valence-electron chi connectivity index (χ0n) is 17.6. The Morgan fingerprint density at radius 1 is 1.17 bits per heavy atom. The number of fused-ring (bicyclic) bond motifs is 1. The summed E-state index contributed by atoms with van der Waals surface area (Å²) < 4.78 is 3.28. The third-order valence-corrected chi connectivity index (χ3v) is 7.30. The van der Waals surface area contributed by atoms with Gasteiger partial charge in [0, 0.05) is 26.7 Å². The van der Waals surface area contributed by atoms with E-state index in [9.17, 15) is 14.7 Å². The van der Waals surface area contributed by atoms with E-state index in [1.165, 1.54) is 25.9 Å². The van der Waals surface area contributed by atoms with E-state index in [0.717, 1.165) is 42.7 Å². The van der Waals surface area contributed by atoms with E-state index in [1.54, 1.807) is 16.2 Å². The van der Waals surface area contributed by atoms with E-state index in [0.29, 0.717) is 18.3 Å². The van der Waals surface area contributed by atoms with Gasteiger partial charge in [-0.05, 0) is 62.2 Å². The molecule has 0 bridgehead atoms. The maximum atomic E-state index is 13.0. The highest BCUT2D eigenvalue weighted by Gasteiger charge is 2.42. The molecule has 5 rings (SSSR count). The van der Waals surface area contributed by atoms with Gasteiger partial charge in [-0.15, -0.1) is 0 Å². The van der Waals surface area contributed by atoms with Crippen LogP contribution in [0.2, 0.25) is 0 Å². The van der Waals surface area contributed by atoms with Crippen molar-refractivity contribution in [3.63, 3.8) is 0 Å². The number of hydrogen-bond donors (Lipinski definition) is 3. The molecule has 8 heteroatoms. The molecule has 8 nitrogen and oxygen atoms in total. The summed E-state index contributed by atoms with van der Waals surface area (Å²) in [5.41, 5.74) is 3.21. The summed E-state index contributed by atoms with van der Waals surface area (Å²) in [6.07, 6.45) is 3.52. The van der Waals surface area contributed by atoms with Gasteiger partial charge < -0.3 is 20.6 Å². The van der Waals surface area contributed by atoms with Crippen LogP contribution in [0, 0.1) is 5.41 Å². The first-order valence-corrected chi connectivity index (χ1v) is 11.1. The van der Waals surface area contributed by atoms with Crippen LogP contribution in [-0.4, -0.2) is 64.0 Å². The quantitative estimate of drug-likeness (QED) is 0.672. The molecule has 0 radical (unpaired) electrons. The van der Waals surface area contributed by atoms with Crippen LogP contribution in [0.1, 0.15) is 37.3 Å². The smallest absolute Gasteiger partial charge is 0.329 e. The van der Waals surface area contributed by atoms with E-state index >= 15 is 0 Å². The Labute approximate surface area is 175 Å². The average Bonchev–Trinajstić information content (AvgIpc) is 2.97. The Bertz CT molecular complexity index is 1010. The molecule has 1 amide bonds. The van der Waals surface area contributed by atoms with Gasteiger partial charge in [-0.2, -0.15) is 0 Å². The lowest BCUT2D eigenvalue weighted by Gasteiger charge is -2.52. The summed E-state index contributed by atoms with van der Waals surface area (Å²) >= 11 is 0. The number of aryl methyl sites for hydroxylation is 1. The Morgan fingerprint density at radius 3 is 2.67 bits per heavy atom. The molecule has 162 valence electrons. The highest BCUT2D eigenvalue weighted by atomic mass is 16.3. The number of nitrogens with zero attached hydrogens (tertiary/aromatic N) is 3. The highest BCUT2D eigenvalue weighted by Crippen LogP contribution is 2.38. The van der Waals surface area contributed by atoms with Gasteiger partial charge in [0.15, 0.2) is 0 Å². The molecule has 3 saturated heterocycles. The molecule has 3 aliphatic heterocycles. The average molecular weight is 414 g/mol. The number of aliphatic hydroxyl groups excluding tert-OH is 1. The van der Waals surface area contributed by atoms with Crippen molar-refractivity contribution in [2.45, 2.75) is 44.4 Å². The zero-order valence-corrected chi connectivity index (χ0v) is 17.6. The highest BCUT2D eigenvalue weighted by molar-refractivity contribution is 5.86. The summed E-state index contributed by atoms with van der Waals surface area (Å²) in [5, 5.41) is 15.7. The molecule has 2 aromatic rings. The van der Waals surface area contributed by atoms with Crippen LogP contribution in [0.3, 0.4) is 0 Å². The van der Waals surface area contributed by atoms with Crippen LogP contribution in [0.25, 0.3) is 11.0 Å². The van der Waals surface area contributed by atoms with Gasteiger partial charge >= 0.3 is 5.69 Å². The topological polar surface area (TPSA) is 91.5 Å². The number of amides is 1. The molecule has 0 aliphatic carbocycles. The van der Waals surface area contributed by atoms with Crippen molar-refractivity contribution < 1.29 is 9.90 Å². The minimum absolute atomic E-state index is 0.174. The number of aliphatic hydroxyl groups is 1. The van der Waals surface area contributed by atoms with Gasteiger partial charge in [0.1, 0.15) is 12.3 Å². The number of likely N-dealkylation sites (tertiary alicyclic amines) is 1. The number of aromatic nitrogens is 2. The Hall–Kier alpha value is -2.16. The monoisotopic (exact) mass is 413 g/mol. The van der Waals surface area contributed by atoms with Crippen LogP contribution in [0.4, 0.5) is 0 Å². The summed E-state index contributed by atoms with van der Waals surface area (Å²) in [7, 11) is 1.79. The zero-order chi connectivity index (χ0) is 20.9.